The minimum atomic E-state index is 0. The molecule has 0 aromatic carbocycles. The summed E-state index contributed by atoms with van der Waals surface area (Å²) in [5.74, 6) is 1.66. The number of aliphatic imine (C=N–C) groups is 1. The van der Waals surface area contributed by atoms with Crippen LogP contribution in [0.3, 0.4) is 0 Å². The fourth-order valence-electron chi connectivity index (χ4n) is 4.07. The van der Waals surface area contributed by atoms with Gasteiger partial charge < -0.3 is 20.4 Å². The molecule has 8 nitrogen and oxygen atoms in total. The Morgan fingerprint density at radius 3 is 2.66 bits per heavy atom. The van der Waals surface area contributed by atoms with Crippen molar-refractivity contribution in [3.63, 3.8) is 0 Å². The van der Waals surface area contributed by atoms with E-state index in [0.717, 1.165) is 70.9 Å². The van der Waals surface area contributed by atoms with Crippen molar-refractivity contribution in [3.05, 3.63) is 12.4 Å². The number of aromatic nitrogens is 2. The molecule has 2 saturated heterocycles. The van der Waals surface area contributed by atoms with Crippen LogP contribution in [0.5, 0.6) is 0 Å². The number of anilines is 1. The van der Waals surface area contributed by atoms with Gasteiger partial charge in [0.05, 0.1) is 11.9 Å². The molecule has 0 saturated carbocycles. The van der Waals surface area contributed by atoms with E-state index in [1.807, 2.05) is 22.8 Å². The number of amides is 1. The lowest BCUT2D eigenvalue weighted by Gasteiger charge is -2.34. The fourth-order valence-corrected chi connectivity index (χ4v) is 4.07. The molecular weight excluding hydrogens is 481 g/mol. The number of carbonyl (C=O) groups is 1. The van der Waals surface area contributed by atoms with Gasteiger partial charge in [0, 0.05) is 65.5 Å². The zero-order valence-corrected chi connectivity index (χ0v) is 20.3. The molecule has 2 aliphatic heterocycles. The van der Waals surface area contributed by atoms with Gasteiger partial charge in [-0.05, 0) is 38.5 Å². The zero-order valence-electron chi connectivity index (χ0n) is 17.9. The van der Waals surface area contributed by atoms with Gasteiger partial charge in [0.15, 0.2) is 5.96 Å². The normalized spacial score (nSPS) is 20.9. The number of nitrogens with one attached hydrogen (secondary N) is 2. The maximum atomic E-state index is 11.5. The Labute approximate surface area is 191 Å². The second kappa shape index (κ2) is 11.6. The van der Waals surface area contributed by atoms with Crippen molar-refractivity contribution in [2.45, 2.75) is 45.6 Å². The van der Waals surface area contributed by atoms with Crippen LogP contribution in [0.15, 0.2) is 17.4 Å². The molecule has 1 unspecified atom stereocenters. The van der Waals surface area contributed by atoms with Crippen molar-refractivity contribution in [1.29, 1.82) is 0 Å². The number of nitrogens with zero attached hydrogens (tertiary/aromatic N) is 5. The average Bonchev–Trinajstić information content (AvgIpc) is 3.13. The number of piperidine rings is 2. The van der Waals surface area contributed by atoms with Crippen molar-refractivity contribution in [2.75, 3.05) is 44.2 Å². The molecule has 2 fully saturated rings. The van der Waals surface area contributed by atoms with Crippen LogP contribution in [0.2, 0.25) is 0 Å². The van der Waals surface area contributed by atoms with Crippen LogP contribution in [0, 0.1) is 5.92 Å². The van der Waals surface area contributed by atoms with Gasteiger partial charge in [-0.1, -0.05) is 0 Å². The second-order valence-corrected chi connectivity index (χ2v) is 7.97. The number of rotatable bonds is 5. The molecular formula is C20H36IN7O. The van der Waals surface area contributed by atoms with E-state index in [1.54, 1.807) is 6.92 Å². The Morgan fingerprint density at radius 1 is 1.28 bits per heavy atom. The maximum absolute atomic E-state index is 11.5. The molecule has 2 aliphatic rings. The number of hydrogen-bond donors (Lipinski definition) is 2. The topological polar surface area (TPSA) is 77.8 Å². The third-order valence-electron chi connectivity index (χ3n) is 5.73. The van der Waals surface area contributed by atoms with Crippen molar-refractivity contribution in [3.8, 4) is 0 Å². The van der Waals surface area contributed by atoms with Gasteiger partial charge in [-0.3, -0.25) is 14.5 Å². The molecule has 29 heavy (non-hydrogen) atoms. The molecule has 9 heteroatoms. The minimum Gasteiger partial charge on any atom is -0.367 e. The lowest BCUT2D eigenvalue weighted by molar-refractivity contribution is -0.130. The summed E-state index contributed by atoms with van der Waals surface area (Å²) in [5.41, 5.74) is 1.19. The summed E-state index contributed by atoms with van der Waals surface area (Å²) in [6.07, 6.45) is 8.42. The molecule has 0 spiro atoms. The molecule has 2 N–H and O–H groups in total. The van der Waals surface area contributed by atoms with E-state index in [1.165, 1.54) is 5.69 Å². The van der Waals surface area contributed by atoms with E-state index in [-0.39, 0.29) is 29.9 Å². The van der Waals surface area contributed by atoms with Crippen molar-refractivity contribution in [2.24, 2.45) is 18.0 Å². The maximum Gasteiger partial charge on any atom is 0.219 e. The van der Waals surface area contributed by atoms with Gasteiger partial charge in [-0.2, -0.15) is 5.10 Å². The van der Waals surface area contributed by atoms with E-state index < -0.39 is 0 Å². The molecule has 164 valence electrons. The average molecular weight is 517 g/mol. The monoisotopic (exact) mass is 517 g/mol. The van der Waals surface area contributed by atoms with Crippen molar-refractivity contribution in [1.82, 2.24) is 25.3 Å². The van der Waals surface area contributed by atoms with Crippen LogP contribution in [-0.2, 0) is 11.8 Å². The van der Waals surface area contributed by atoms with Crippen LogP contribution in [-0.4, -0.2) is 71.9 Å². The van der Waals surface area contributed by atoms with Crippen LogP contribution < -0.4 is 15.5 Å². The Morgan fingerprint density at radius 2 is 2.03 bits per heavy atom. The number of halogens is 1. The lowest BCUT2D eigenvalue weighted by atomic mass is 9.97. The number of likely N-dealkylation sites (tertiary alicyclic amines) is 1. The molecule has 0 aliphatic carbocycles. The van der Waals surface area contributed by atoms with Gasteiger partial charge >= 0.3 is 0 Å². The summed E-state index contributed by atoms with van der Waals surface area (Å²) in [6.45, 7) is 9.20. The van der Waals surface area contributed by atoms with E-state index in [9.17, 15) is 4.79 Å². The third kappa shape index (κ3) is 7.04. The summed E-state index contributed by atoms with van der Waals surface area (Å²) in [6, 6.07) is 0.381. The highest BCUT2D eigenvalue weighted by atomic mass is 127. The van der Waals surface area contributed by atoms with Crippen LogP contribution in [0.25, 0.3) is 0 Å². The van der Waals surface area contributed by atoms with Crippen LogP contribution in [0.1, 0.15) is 39.5 Å². The largest absolute Gasteiger partial charge is 0.367 e. The predicted molar refractivity (Wildman–Crippen MR) is 128 cm³/mol. The summed E-state index contributed by atoms with van der Waals surface area (Å²) < 4.78 is 1.86. The highest BCUT2D eigenvalue weighted by Crippen LogP contribution is 2.19. The van der Waals surface area contributed by atoms with E-state index in [0.29, 0.717) is 12.0 Å². The van der Waals surface area contributed by atoms with Gasteiger partial charge in [-0.25, -0.2) is 0 Å². The lowest BCUT2D eigenvalue weighted by Crippen LogP contribution is -2.51. The van der Waals surface area contributed by atoms with Gasteiger partial charge in [0.2, 0.25) is 5.91 Å². The Hall–Kier alpha value is -1.52. The Balaban J connectivity index is 0.00000300. The molecule has 3 heterocycles. The third-order valence-corrected chi connectivity index (χ3v) is 5.73. The molecule has 1 aromatic rings. The Kier molecular flexibility index (Phi) is 9.51. The summed E-state index contributed by atoms with van der Waals surface area (Å²) >= 11 is 0. The molecule has 3 rings (SSSR count). The fraction of sp³-hybridized carbons (Fsp3) is 0.750. The zero-order chi connectivity index (χ0) is 19.9. The molecule has 1 atom stereocenters. The van der Waals surface area contributed by atoms with E-state index in [4.69, 9.17) is 4.99 Å². The quantitative estimate of drug-likeness (QED) is 0.354. The summed E-state index contributed by atoms with van der Waals surface area (Å²) in [7, 11) is 1.96. The number of carbonyl (C=O) groups excluding carboxylic acids is 1. The molecule has 0 bridgehead atoms. The van der Waals surface area contributed by atoms with Crippen LogP contribution >= 0.6 is 24.0 Å². The van der Waals surface area contributed by atoms with E-state index >= 15 is 0 Å². The smallest absolute Gasteiger partial charge is 0.219 e. The first-order chi connectivity index (χ1) is 13.5. The molecule has 0 radical (unpaired) electrons. The SMILES string of the molecule is CCNC(=NCC1CCN(C(C)=O)CC1)NC1CCCN(c2cnn(C)c2)C1.I. The predicted octanol–water partition coefficient (Wildman–Crippen LogP) is 1.82. The number of hydrogen-bond acceptors (Lipinski definition) is 4. The second-order valence-electron chi connectivity index (χ2n) is 7.97. The summed E-state index contributed by atoms with van der Waals surface area (Å²) in [5, 5.41) is 11.3. The first kappa shape index (κ1) is 23.8. The van der Waals surface area contributed by atoms with Crippen molar-refractivity contribution < 1.29 is 4.79 Å². The van der Waals surface area contributed by atoms with Gasteiger partial charge in [0.1, 0.15) is 0 Å². The number of guanidine groups is 1. The Bertz CT molecular complexity index is 670. The summed E-state index contributed by atoms with van der Waals surface area (Å²) in [4.78, 5) is 20.7. The standard InChI is InChI=1S/C20H35N7O.HI/c1-4-21-20(22-12-17-7-10-26(11-8-17)16(2)28)24-18-6-5-9-27(14-18)19-13-23-25(3)15-19;/h13,15,17-18H,4-12,14H2,1-3H3,(H2,21,22,24);1H. The van der Waals surface area contributed by atoms with Crippen LogP contribution in [0.4, 0.5) is 5.69 Å². The highest BCUT2D eigenvalue weighted by molar-refractivity contribution is 14.0. The first-order valence-corrected chi connectivity index (χ1v) is 10.6. The minimum absolute atomic E-state index is 0. The molecule has 1 amide bonds. The number of aryl methyl sites for hydroxylation is 1. The first-order valence-electron chi connectivity index (χ1n) is 10.6. The molecule has 1 aromatic heterocycles. The van der Waals surface area contributed by atoms with Gasteiger partial charge in [0.25, 0.3) is 0 Å². The van der Waals surface area contributed by atoms with Gasteiger partial charge in [-0.15, -0.1) is 24.0 Å². The van der Waals surface area contributed by atoms with Crippen molar-refractivity contribution >= 4 is 41.5 Å². The highest BCUT2D eigenvalue weighted by Gasteiger charge is 2.23. The van der Waals surface area contributed by atoms with E-state index in [2.05, 4.69) is 33.8 Å².